The van der Waals surface area contributed by atoms with Crippen LogP contribution in [0.15, 0.2) is 78.9 Å². The van der Waals surface area contributed by atoms with Crippen LogP contribution in [0.1, 0.15) is 40.9 Å². The highest BCUT2D eigenvalue weighted by molar-refractivity contribution is 6.33. The molecule has 3 rings (SSSR count). The first-order valence-electron chi connectivity index (χ1n) is 9.56. The largest absolute Gasteiger partial charge is 0.345 e. The third-order valence-corrected chi connectivity index (χ3v) is 5.02. The Morgan fingerprint density at radius 3 is 2.28 bits per heavy atom. The van der Waals surface area contributed by atoms with Crippen molar-refractivity contribution in [2.24, 2.45) is 0 Å². The highest BCUT2D eigenvalue weighted by Crippen LogP contribution is 2.22. The number of halogens is 1. The molecule has 0 bridgehead atoms. The van der Waals surface area contributed by atoms with Gasteiger partial charge in [-0.2, -0.15) is 0 Å². The molecule has 2 amide bonds. The molecule has 0 aromatic heterocycles. The average Bonchev–Trinajstić information content (AvgIpc) is 2.74. The Bertz CT molecular complexity index is 989. The molecule has 4 nitrogen and oxygen atoms in total. The lowest BCUT2D eigenvalue weighted by Gasteiger charge is -2.20. The average molecular weight is 407 g/mol. The van der Waals surface area contributed by atoms with Crippen molar-refractivity contribution in [1.29, 1.82) is 0 Å². The van der Waals surface area contributed by atoms with Crippen LogP contribution in [0, 0.1) is 0 Å². The molecule has 1 unspecified atom stereocenters. The number of carbonyl (C=O) groups is 2. The molecule has 5 heteroatoms. The highest BCUT2D eigenvalue weighted by Gasteiger charge is 2.20. The number of hydrogen-bond acceptors (Lipinski definition) is 2. The van der Waals surface area contributed by atoms with E-state index in [-0.39, 0.29) is 18.2 Å². The molecule has 0 aliphatic heterocycles. The van der Waals surface area contributed by atoms with Crippen LogP contribution >= 0.6 is 11.6 Å². The minimum atomic E-state index is -0.478. The molecular formula is C24H23ClN2O2. The van der Waals surface area contributed by atoms with E-state index >= 15 is 0 Å². The standard InChI is InChI=1S/C24H23ClN2O2/c1-2-17-10-6-9-15-21(17)26-23(28)16-22(18-11-4-3-5-12-18)27-24(29)19-13-7-8-14-20(19)25/h3-15,22H,2,16H2,1H3,(H,26,28)(H,27,29). The van der Waals surface area contributed by atoms with Crippen LogP contribution in [0.3, 0.4) is 0 Å². The van der Waals surface area contributed by atoms with Gasteiger partial charge >= 0.3 is 0 Å². The summed E-state index contributed by atoms with van der Waals surface area (Å²) in [5.74, 6) is -0.481. The van der Waals surface area contributed by atoms with Crippen molar-refractivity contribution in [3.8, 4) is 0 Å². The fourth-order valence-electron chi connectivity index (χ4n) is 3.16. The number of carbonyl (C=O) groups excluding carboxylic acids is 2. The second-order valence-corrected chi connectivity index (χ2v) is 7.09. The van der Waals surface area contributed by atoms with Crippen molar-refractivity contribution >= 4 is 29.1 Å². The van der Waals surface area contributed by atoms with Crippen molar-refractivity contribution in [2.45, 2.75) is 25.8 Å². The van der Waals surface area contributed by atoms with Crippen LogP contribution in [0.2, 0.25) is 5.02 Å². The molecule has 148 valence electrons. The van der Waals surface area contributed by atoms with Crippen LogP contribution in [0.5, 0.6) is 0 Å². The van der Waals surface area contributed by atoms with Gasteiger partial charge in [-0.25, -0.2) is 0 Å². The van der Waals surface area contributed by atoms with E-state index < -0.39 is 6.04 Å². The van der Waals surface area contributed by atoms with Crippen LogP contribution < -0.4 is 10.6 Å². The van der Waals surface area contributed by atoms with Gasteiger partial charge in [-0.3, -0.25) is 9.59 Å². The summed E-state index contributed by atoms with van der Waals surface area (Å²) in [6.07, 6.45) is 0.931. The Morgan fingerprint density at radius 2 is 1.55 bits per heavy atom. The predicted molar refractivity (Wildman–Crippen MR) is 117 cm³/mol. The summed E-state index contributed by atoms with van der Waals surface area (Å²) in [4.78, 5) is 25.5. The van der Waals surface area contributed by atoms with Crippen molar-refractivity contribution in [1.82, 2.24) is 5.32 Å². The Morgan fingerprint density at radius 1 is 0.897 bits per heavy atom. The van der Waals surface area contributed by atoms with E-state index in [0.29, 0.717) is 10.6 Å². The lowest BCUT2D eigenvalue weighted by atomic mass is 10.0. The molecule has 29 heavy (non-hydrogen) atoms. The lowest BCUT2D eigenvalue weighted by molar-refractivity contribution is -0.116. The smallest absolute Gasteiger partial charge is 0.253 e. The van der Waals surface area contributed by atoms with Crippen LogP contribution in [0.25, 0.3) is 0 Å². The summed E-state index contributed by atoms with van der Waals surface area (Å²) < 4.78 is 0. The number of amides is 2. The van der Waals surface area contributed by atoms with Gasteiger partial charge in [0.05, 0.1) is 23.0 Å². The van der Waals surface area contributed by atoms with Gasteiger partial charge in [-0.05, 0) is 35.7 Å². The number of rotatable bonds is 7. The number of hydrogen-bond donors (Lipinski definition) is 2. The first kappa shape index (κ1) is 20.6. The minimum Gasteiger partial charge on any atom is -0.345 e. The monoisotopic (exact) mass is 406 g/mol. The number of aryl methyl sites for hydroxylation is 1. The van der Waals surface area contributed by atoms with Gasteiger partial charge in [0.2, 0.25) is 5.91 Å². The van der Waals surface area contributed by atoms with Crippen LogP contribution in [-0.2, 0) is 11.2 Å². The van der Waals surface area contributed by atoms with Crippen molar-refractivity contribution in [3.63, 3.8) is 0 Å². The summed E-state index contributed by atoms with van der Waals surface area (Å²) in [6, 6.07) is 23.5. The quantitative estimate of drug-likeness (QED) is 0.551. The maximum atomic E-state index is 12.8. The van der Waals surface area contributed by atoms with Gasteiger partial charge in [-0.1, -0.05) is 79.2 Å². The van der Waals surface area contributed by atoms with Crippen LogP contribution in [0.4, 0.5) is 5.69 Å². The molecule has 3 aromatic carbocycles. The van der Waals surface area contributed by atoms with Gasteiger partial charge in [0.25, 0.3) is 5.91 Å². The van der Waals surface area contributed by atoms with Crippen molar-refractivity contribution in [3.05, 3.63) is 101 Å². The van der Waals surface area contributed by atoms with Crippen molar-refractivity contribution < 1.29 is 9.59 Å². The molecule has 0 aliphatic carbocycles. The van der Waals surface area contributed by atoms with Gasteiger partial charge in [0, 0.05) is 5.69 Å². The Labute approximate surface area is 175 Å². The number of nitrogens with one attached hydrogen (secondary N) is 2. The zero-order valence-electron chi connectivity index (χ0n) is 16.2. The zero-order valence-corrected chi connectivity index (χ0v) is 16.9. The van der Waals surface area contributed by atoms with E-state index in [1.165, 1.54) is 0 Å². The zero-order chi connectivity index (χ0) is 20.6. The molecule has 0 heterocycles. The van der Waals surface area contributed by atoms with E-state index in [2.05, 4.69) is 10.6 Å². The molecule has 0 aliphatic rings. The third-order valence-electron chi connectivity index (χ3n) is 4.69. The predicted octanol–water partition coefficient (Wildman–Crippen LogP) is 5.40. The molecule has 0 saturated heterocycles. The summed E-state index contributed by atoms with van der Waals surface area (Å²) >= 11 is 6.15. The second kappa shape index (κ2) is 9.89. The first-order chi connectivity index (χ1) is 14.1. The van der Waals surface area contributed by atoms with Gasteiger partial charge < -0.3 is 10.6 Å². The summed E-state index contributed by atoms with van der Waals surface area (Å²) in [5, 5.41) is 6.29. The second-order valence-electron chi connectivity index (χ2n) is 6.68. The fourth-order valence-corrected chi connectivity index (χ4v) is 3.38. The van der Waals surface area contributed by atoms with Gasteiger partial charge in [-0.15, -0.1) is 0 Å². The number of anilines is 1. The van der Waals surface area contributed by atoms with Gasteiger partial charge in [0.1, 0.15) is 0 Å². The molecule has 0 spiro atoms. The number of benzene rings is 3. The molecular weight excluding hydrogens is 384 g/mol. The van der Waals surface area contributed by atoms with E-state index in [9.17, 15) is 9.59 Å². The Kier molecular flexibility index (Phi) is 7.04. The number of para-hydroxylation sites is 1. The Balaban J connectivity index is 1.78. The van der Waals surface area contributed by atoms with Crippen molar-refractivity contribution in [2.75, 3.05) is 5.32 Å². The molecule has 0 fully saturated rings. The maximum Gasteiger partial charge on any atom is 0.253 e. The van der Waals surface area contributed by atoms with E-state index in [1.54, 1.807) is 24.3 Å². The maximum absolute atomic E-state index is 12.8. The molecule has 0 radical (unpaired) electrons. The van der Waals surface area contributed by atoms with E-state index in [0.717, 1.165) is 23.2 Å². The highest BCUT2D eigenvalue weighted by atomic mass is 35.5. The summed E-state index contributed by atoms with van der Waals surface area (Å²) in [7, 11) is 0. The first-order valence-corrected chi connectivity index (χ1v) is 9.94. The lowest BCUT2D eigenvalue weighted by Crippen LogP contribution is -2.31. The van der Waals surface area contributed by atoms with E-state index in [1.807, 2.05) is 61.5 Å². The molecule has 0 saturated carbocycles. The minimum absolute atomic E-state index is 0.109. The summed E-state index contributed by atoms with van der Waals surface area (Å²) in [5.41, 5.74) is 3.10. The SMILES string of the molecule is CCc1ccccc1NC(=O)CC(NC(=O)c1ccccc1Cl)c1ccccc1. The fraction of sp³-hybridized carbons (Fsp3) is 0.167. The normalized spacial score (nSPS) is 11.5. The Hall–Kier alpha value is -3.11. The molecule has 3 aromatic rings. The topological polar surface area (TPSA) is 58.2 Å². The third kappa shape index (κ3) is 5.46. The summed E-state index contributed by atoms with van der Waals surface area (Å²) in [6.45, 7) is 2.04. The van der Waals surface area contributed by atoms with Crippen LogP contribution in [-0.4, -0.2) is 11.8 Å². The molecule has 1 atom stereocenters. The van der Waals surface area contributed by atoms with E-state index in [4.69, 9.17) is 11.6 Å². The van der Waals surface area contributed by atoms with Gasteiger partial charge in [0.15, 0.2) is 0 Å². The molecule has 2 N–H and O–H groups in total.